The van der Waals surface area contributed by atoms with Gasteiger partial charge in [-0.3, -0.25) is 0 Å². The summed E-state index contributed by atoms with van der Waals surface area (Å²) >= 11 is 1.75. The van der Waals surface area contributed by atoms with Gasteiger partial charge in [0.2, 0.25) is 0 Å². The van der Waals surface area contributed by atoms with Crippen LogP contribution < -0.4 is 11.1 Å². The normalized spacial score (nSPS) is 13.2. The van der Waals surface area contributed by atoms with Gasteiger partial charge in [-0.1, -0.05) is 0 Å². The van der Waals surface area contributed by atoms with Gasteiger partial charge in [-0.25, -0.2) is 0 Å². The second-order valence-corrected chi connectivity index (χ2v) is 3.84. The Hall–Kier alpha value is -0.380. The van der Waals surface area contributed by atoms with Gasteiger partial charge in [0.25, 0.3) is 0 Å². The fraction of sp³-hybridized carbons (Fsp3) is 0.556. The van der Waals surface area contributed by atoms with Crippen molar-refractivity contribution in [3.63, 3.8) is 0 Å². The lowest BCUT2D eigenvalue weighted by atomic mass is 10.2. The van der Waals surface area contributed by atoms with Crippen LogP contribution in [0.3, 0.4) is 0 Å². The van der Waals surface area contributed by atoms with Gasteiger partial charge >= 0.3 is 0 Å². The average molecular weight is 184 g/mol. The minimum Gasteiger partial charge on any atom is -0.329 e. The topological polar surface area (TPSA) is 38.0 Å². The fourth-order valence-corrected chi connectivity index (χ4v) is 1.79. The molecule has 2 nitrogen and oxygen atoms in total. The van der Waals surface area contributed by atoms with Gasteiger partial charge in [0.1, 0.15) is 0 Å². The Bertz CT molecular complexity index is 232. The van der Waals surface area contributed by atoms with Gasteiger partial charge < -0.3 is 11.1 Å². The summed E-state index contributed by atoms with van der Waals surface area (Å²) in [7, 11) is 0. The maximum atomic E-state index is 5.49. The monoisotopic (exact) mass is 184 g/mol. The van der Waals surface area contributed by atoms with Crippen molar-refractivity contribution < 1.29 is 0 Å². The summed E-state index contributed by atoms with van der Waals surface area (Å²) in [4.78, 5) is 0. The van der Waals surface area contributed by atoms with Crippen LogP contribution in [0.15, 0.2) is 10.8 Å². The van der Waals surface area contributed by atoms with E-state index in [0.717, 1.165) is 6.54 Å². The number of nitrogens with two attached hydrogens (primary N) is 1. The highest BCUT2D eigenvalue weighted by molar-refractivity contribution is 7.08. The first-order chi connectivity index (χ1) is 5.74. The third-order valence-corrected chi connectivity index (χ3v) is 2.87. The molecule has 0 fully saturated rings. The molecule has 1 heterocycles. The van der Waals surface area contributed by atoms with Crippen LogP contribution in [0.5, 0.6) is 0 Å². The molecular formula is C9H16N2S. The third-order valence-electron chi connectivity index (χ3n) is 1.96. The number of thiophene rings is 1. The molecule has 0 aliphatic carbocycles. The number of rotatable bonds is 4. The van der Waals surface area contributed by atoms with E-state index < -0.39 is 0 Å². The average Bonchev–Trinajstić information content (AvgIpc) is 2.47. The molecule has 12 heavy (non-hydrogen) atoms. The molecule has 3 N–H and O–H groups in total. The summed E-state index contributed by atoms with van der Waals surface area (Å²) < 4.78 is 0. The maximum absolute atomic E-state index is 5.49. The second kappa shape index (κ2) is 4.60. The largest absolute Gasteiger partial charge is 0.329 e. The first-order valence-corrected chi connectivity index (χ1v) is 5.13. The van der Waals surface area contributed by atoms with Crippen molar-refractivity contribution in [1.29, 1.82) is 0 Å². The van der Waals surface area contributed by atoms with Crippen molar-refractivity contribution in [2.24, 2.45) is 5.73 Å². The van der Waals surface area contributed by atoms with Crippen molar-refractivity contribution in [2.75, 3.05) is 6.54 Å². The van der Waals surface area contributed by atoms with Crippen LogP contribution in [0.25, 0.3) is 0 Å². The van der Waals surface area contributed by atoms with Crippen LogP contribution in [0.4, 0.5) is 0 Å². The Kier molecular flexibility index (Phi) is 3.72. The van der Waals surface area contributed by atoms with Crippen LogP contribution in [-0.2, 0) is 6.54 Å². The molecule has 68 valence electrons. The molecule has 1 aromatic heterocycles. The Labute approximate surface area is 77.8 Å². The third kappa shape index (κ3) is 2.59. The molecular weight excluding hydrogens is 168 g/mol. The highest BCUT2D eigenvalue weighted by atomic mass is 32.1. The second-order valence-electron chi connectivity index (χ2n) is 3.10. The van der Waals surface area contributed by atoms with Crippen molar-refractivity contribution in [1.82, 2.24) is 5.32 Å². The summed E-state index contributed by atoms with van der Waals surface area (Å²) in [6.45, 7) is 5.87. The summed E-state index contributed by atoms with van der Waals surface area (Å²) in [5.41, 5.74) is 8.25. The van der Waals surface area contributed by atoms with Crippen LogP contribution in [0.2, 0.25) is 0 Å². The zero-order chi connectivity index (χ0) is 8.97. The highest BCUT2D eigenvalue weighted by Crippen LogP contribution is 2.12. The summed E-state index contributed by atoms with van der Waals surface area (Å²) in [5, 5.41) is 7.71. The molecule has 0 saturated heterocycles. The molecule has 1 rings (SSSR count). The molecule has 1 aromatic rings. The molecule has 0 radical (unpaired) electrons. The van der Waals surface area contributed by atoms with E-state index in [2.05, 4.69) is 29.9 Å². The molecule has 0 aliphatic heterocycles. The molecule has 0 aliphatic rings. The van der Waals surface area contributed by atoms with Crippen LogP contribution >= 0.6 is 11.3 Å². The zero-order valence-electron chi connectivity index (χ0n) is 7.63. The quantitative estimate of drug-likeness (QED) is 0.744. The predicted octanol–water partition coefficient (Wildman–Crippen LogP) is 1.49. The van der Waals surface area contributed by atoms with E-state index in [1.54, 1.807) is 11.3 Å². The molecule has 0 spiro atoms. The molecule has 3 heteroatoms. The van der Waals surface area contributed by atoms with Gasteiger partial charge in [-0.05, 0) is 35.7 Å². The van der Waals surface area contributed by atoms with Crippen molar-refractivity contribution in [2.45, 2.75) is 26.4 Å². The number of hydrogen-bond donors (Lipinski definition) is 2. The van der Waals surface area contributed by atoms with E-state index >= 15 is 0 Å². The molecule has 1 unspecified atom stereocenters. The fourth-order valence-electron chi connectivity index (χ4n) is 0.935. The van der Waals surface area contributed by atoms with Crippen LogP contribution in [0.1, 0.15) is 18.1 Å². The standard InChI is InChI=1S/C9H16N2S/c1-7-5-12-6-9(7)4-11-8(2)3-10/h5-6,8,11H,3-4,10H2,1-2H3. The Morgan fingerprint density at radius 3 is 2.83 bits per heavy atom. The lowest BCUT2D eigenvalue weighted by Crippen LogP contribution is -2.32. The lowest BCUT2D eigenvalue weighted by Gasteiger charge is -2.10. The maximum Gasteiger partial charge on any atom is 0.0219 e. The minimum absolute atomic E-state index is 0.407. The summed E-state index contributed by atoms with van der Waals surface area (Å²) in [6.07, 6.45) is 0. The van der Waals surface area contributed by atoms with Crippen molar-refractivity contribution >= 4 is 11.3 Å². The first kappa shape index (κ1) is 9.71. The minimum atomic E-state index is 0.407. The highest BCUT2D eigenvalue weighted by Gasteiger charge is 2.01. The first-order valence-electron chi connectivity index (χ1n) is 4.19. The van der Waals surface area contributed by atoms with Crippen molar-refractivity contribution in [3.05, 3.63) is 21.9 Å². The van der Waals surface area contributed by atoms with Crippen LogP contribution in [0, 0.1) is 6.92 Å². The van der Waals surface area contributed by atoms with E-state index in [1.807, 2.05) is 0 Å². The molecule has 0 amide bonds. The van der Waals surface area contributed by atoms with Gasteiger partial charge in [-0.15, -0.1) is 0 Å². The van der Waals surface area contributed by atoms with Gasteiger partial charge in [0, 0.05) is 19.1 Å². The van der Waals surface area contributed by atoms with E-state index in [9.17, 15) is 0 Å². The summed E-state index contributed by atoms with van der Waals surface area (Å²) in [6, 6.07) is 0.407. The molecule has 1 atom stereocenters. The number of hydrogen-bond acceptors (Lipinski definition) is 3. The predicted molar refractivity (Wildman–Crippen MR) is 54.4 cm³/mol. The van der Waals surface area contributed by atoms with Gasteiger partial charge in [0.05, 0.1) is 0 Å². The molecule has 0 bridgehead atoms. The SMILES string of the molecule is Cc1cscc1CNC(C)CN. The smallest absolute Gasteiger partial charge is 0.0219 e. The Morgan fingerprint density at radius 2 is 2.33 bits per heavy atom. The van der Waals surface area contributed by atoms with Gasteiger partial charge in [0.15, 0.2) is 0 Å². The lowest BCUT2D eigenvalue weighted by molar-refractivity contribution is 0.556. The van der Waals surface area contributed by atoms with E-state index in [4.69, 9.17) is 5.73 Å². The summed E-state index contributed by atoms with van der Waals surface area (Å²) in [5.74, 6) is 0. The van der Waals surface area contributed by atoms with E-state index in [1.165, 1.54) is 11.1 Å². The molecule has 0 aromatic carbocycles. The molecule has 0 saturated carbocycles. The number of nitrogens with one attached hydrogen (secondary N) is 1. The van der Waals surface area contributed by atoms with Crippen molar-refractivity contribution in [3.8, 4) is 0 Å². The number of aryl methyl sites for hydroxylation is 1. The zero-order valence-corrected chi connectivity index (χ0v) is 8.45. The van der Waals surface area contributed by atoms with Crippen LogP contribution in [-0.4, -0.2) is 12.6 Å². The van der Waals surface area contributed by atoms with E-state index in [-0.39, 0.29) is 0 Å². The van der Waals surface area contributed by atoms with E-state index in [0.29, 0.717) is 12.6 Å². The Balaban J connectivity index is 2.38. The Morgan fingerprint density at radius 1 is 1.58 bits per heavy atom. The van der Waals surface area contributed by atoms with Gasteiger partial charge in [-0.2, -0.15) is 11.3 Å².